The Balaban J connectivity index is 1.55. The predicted octanol–water partition coefficient (Wildman–Crippen LogP) is 1.57. The van der Waals surface area contributed by atoms with Gasteiger partial charge in [-0.2, -0.15) is 15.4 Å². The van der Waals surface area contributed by atoms with Gasteiger partial charge in [0.2, 0.25) is 0 Å². The van der Waals surface area contributed by atoms with Gasteiger partial charge in [-0.3, -0.25) is 9.78 Å². The molecule has 0 bridgehead atoms. The van der Waals surface area contributed by atoms with E-state index in [0.29, 0.717) is 30.8 Å². The number of hydrogen-bond acceptors (Lipinski definition) is 5. The molecule has 1 saturated heterocycles. The Bertz CT molecular complexity index is 833. The van der Waals surface area contributed by atoms with Gasteiger partial charge in [0, 0.05) is 24.5 Å². The van der Waals surface area contributed by atoms with Gasteiger partial charge >= 0.3 is 0 Å². The smallest absolute Gasteiger partial charge is 0.254 e. The molecular formula is C16H15N5O2. The van der Waals surface area contributed by atoms with Crippen molar-refractivity contribution in [3.05, 3.63) is 53.9 Å². The third-order valence-electron chi connectivity index (χ3n) is 3.99. The summed E-state index contributed by atoms with van der Waals surface area (Å²) in [6.07, 6.45) is 3.35. The molecule has 7 heteroatoms. The van der Waals surface area contributed by atoms with Gasteiger partial charge < -0.3 is 9.64 Å². The quantitative estimate of drug-likeness (QED) is 0.776. The first-order valence-electron chi connectivity index (χ1n) is 7.42. The molecule has 1 N–H and O–H groups in total. The summed E-state index contributed by atoms with van der Waals surface area (Å²) < 4.78 is 5.79. The lowest BCUT2D eigenvalue weighted by molar-refractivity contribution is -0.0228. The highest BCUT2D eigenvalue weighted by molar-refractivity contribution is 5.97. The third-order valence-corrected chi connectivity index (χ3v) is 3.99. The maximum atomic E-state index is 12.7. The van der Waals surface area contributed by atoms with E-state index in [0.717, 1.165) is 11.1 Å². The first kappa shape index (κ1) is 13.8. The minimum atomic E-state index is -0.119. The van der Waals surface area contributed by atoms with Crippen molar-refractivity contribution in [3.8, 4) is 0 Å². The third kappa shape index (κ3) is 2.66. The highest BCUT2D eigenvalue weighted by atomic mass is 16.5. The monoisotopic (exact) mass is 309 g/mol. The van der Waals surface area contributed by atoms with Crippen LogP contribution in [0.1, 0.15) is 22.0 Å². The van der Waals surface area contributed by atoms with Crippen LogP contribution in [0.4, 0.5) is 0 Å². The van der Waals surface area contributed by atoms with Crippen molar-refractivity contribution >= 4 is 16.9 Å². The van der Waals surface area contributed by atoms with E-state index >= 15 is 0 Å². The summed E-state index contributed by atoms with van der Waals surface area (Å²) >= 11 is 0. The fraction of sp³-hybridized carbons (Fsp3) is 0.250. The molecule has 0 saturated carbocycles. The van der Waals surface area contributed by atoms with Crippen LogP contribution in [-0.4, -0.2) is 50.9 Å². The van der Waals surface area contributed by atoms with Crippen LogP contribution in [0, 0.1) is 0 Å². The molecule has 0 spiro atoms. The molecule has 7 nitrogen and oxygen atoms in total. The largest absolute Gasteiger partial charge is 0.370 e. The van der Waals surface area contributed by atoms with Crippen LogP contribution in [0.5, 0.6) is 0 Å². The molecule has 2 aromatic heterocycles. The summed E-state index contributed by atoms with van der Waals surface area (Å²) in [5, 5.41) is 10.6. The van der Waals surface area contributed by atoms with Crippen molar-refractivity contribution in [2.24, 2.45) is 0 Å². The van der Waals surface area contributed by atoms with Crippen molar-refractivity contribution in [1.29, 1.82) is 0 Å². The molecule has 3 heterocycles. The molecule has 1 atom stereocenters. The predicted molar refractivity (Wildman–Crippen MR) is 82.7 cm³/mol. The van der Waals surface area contributed by atoms with Crippen LogP contribution in [0.25, 0.3) is 11.0 Å². The number of ether oxygens (including phenoxy) is 1. The van der Waals surface area contributed by atoms with E-state index in [-0.39, 0.29) is 12.0 Å². The number of nitrogens with zero attached hydrogens (tertiary/aromatic N) is 4. The summed E-state index contributed by atoms with van der Waals surface area (Å²) in [6, 6.07) is 9.18. The second-order valence-corrected chi connectivity index (χ2v) is 5.42. The second kappa shape index (κ2) is 5.77. The number of amides is 1. The summed E-state index contributed by atoms with van der Waals surface area (Å²) in [4.78, 5) is 18.6. The van der Waals surface area contributed by atoms with Crippen molar-refractivity contribution in [2.45, 2.75) is 6.10 Å². The lowest BCUT2D eigenvalue weighted by atomic mass is 10.1. The van der Waals surface area contributed by atoms with E-state index in [1.165, 1.54) is 0 Å². The second-order valence-electron chi connectivity index (χ2n) is 5.42. The minimum absolute atomic E-state index is 0.0164. The Labute approximate surface area is 132 Å². The maximum absolute atomic E-state index is 12.7. The number of carbonyl (C=O) groups is 1. The maximum Gasteiger partial charge on any atom is 0.254 e. The Morgan fingerprint density at radius 2 is 2.00 bits per heavy atom. The number of fused-ring (bicyclic) bond motifs is 1. The van der Waals surface area contributed by atoms with Crippen LogP contribution in [-0.2, 0) is 4.74 Å². The van der Waals surface area contributed by atoms with E-state index in [2.05, 4.69) is 20.4 Å². The number of pyridine rings is 1. The Morgan fingerprint density at radius 3 is 2.87 bits per heavy atom. The van der Waals surface area contributed by atoms with E-state index in [1.807, 2.05) is 17.0 Å². The summed E-state index contributed by atoms with van der Waals surface area (Å²) in [5.74, 6) is -0.0164. The molecule has 116 valence electrons. The van der Waals surface area contributed by atoms with Crippen molar-refractivity contribution in [1.82, 2.24) is 25.3 Å². The topological polar surface area (TPSA) is 84.0 Å². The number of aromatic nitrogens is 4. The molecule has 1 aromatic carbocycles. The Hall–Kier alpha value is -2.80. The standard InChI is InChI=1S/C16H15N5O2/c22-16(12-1-2-13-14(9-12)19-20-18-13)21-7-8-23-15(10-21)11-3-5-17-6-4-11/h1-6,9,15H,7-8,10H2,(H,18,19,20). The van der Waals surface area contributed by atoms with E-state index in [9.17, 15) is 4.79 Å². The molecule has 1 aliphatic rings. The number of nitrogens with one attached hydrogen (secondary N) is 1. The van der Waals surface area contributed by atoms with Crippen molar-refractivity contribution < 1.29 is 9.53 Å². The zero-order valence-corrected chi connectivity index (χ0v) is 12.3. The Morgan fingerprint density at radius 1 is 1.17 bits per heavy atom. The lowest BCUT2D eigenvalue weighted by Crippen LogP contribution is -2.42. The average molecular weight is 309 g/mol. The molecule has 1 aliphatic heterocycles. The number of H-pyrrole nitrogens is 1. The lowest BCUT2D eigenvalue weighted by Gasteiger charge is -2.33. The van der Waals surface area contributed by atoms with Crippen molar-refractivity contribution in [3.63, 3.8) is 0 Å². The van der Waals surface area contributed by atoms with Gasteiger partial charge in [0.1, 0.15) is 17.1 Å². The molecule has 1 amide bonds. The van der Waals surface area contributed by atoms with Gasteiger partial charge in [-0.25, -0.2) is 0 Å². The summed E-state index contributed by atoms with van der Waals surface area (Å²) in [5.41, 5.74) is 3.08. The highest BCUT2D eigenvalue weighted by Gasteiger charge is 2.26. The molecule has 1 fully saturated rings. The van der Waals surface area contributed by atoms with E-state index in [4.69, 9.17) is 4.74 Å². The Kier molecular flexibility index (Phi) is 3.47. The van der Waals surface area contributed by atoms with Gasteiger partial charge in [-0.15, -0.1) is 0 Å². The average Bonchev–Trinajstić information content (AvgIpc) is 3.09. The number of rotatable bonds is 2. The SMILES string of the molecule is O=C(c1ccc2n[nH]nc2c1)N1CCOC(c2ccncc2)C1. The summed E-state index contributed by atoms with van der Waals surface area (Å²) in [7, 11) is 0. The van der Waals surface area contributed by atoms with E-state index in [1.54, 1.807) is 30.6 Å². The molecule has 3 aromatic rings. The van der Waals surface area contributed by atoms with Crippen LogP contribution >= 0.6 is 0 Å². The van der Waals surface area contributed by atoms with Crippen LogP contribution in [0.3, 0.4) is 0 Å². The van der Waals surface area contributed by atoms with Crippen LogP contribution in [0.15, 0.2) is 42.7 Å². The normalized spacial score (nSPS) is 18.3. The zero-order valence-electron chi connectivity index (χ0n) is 12.3. The van der Waals surface area contributed by atoms with E-state index < -0.39 is 0 Å². The molecular weight excluding hydrogens is 294 g/mol. The molecule has 0 radical (unpaired) electrons. The number of aromatic amines is 1. The fourth-order valence-electron chi connectivity index (χ4n) is 2.77. The number of hydrogen-bond donors (Lipinski definition) is 1. The van der Waals surface area contributed by atoms with Gasteiger partial charge in [0.25, 0.3) is 5.91 Å². The first-order chi connectivity index (χ1) is 11.3. The van der Waals surface area contributed by atoms with Gasteiger partial charge in [0.15, 0.2) is 0 Å². The number of morpholine rings is 1. The molecule has 23 heavy (non-hydrogen) atoms. The molecule has 1 unspecified atom stereocenters. The molecule has 0 aliphatic carbocycles. The number of carbonyl (C=O) groups excluding carboxylic acids is 1. The fourth-order valence-corrected chi connectivity index (χ4v) is 2.77. The van der Waals surface area contributed by atoms with Crippen LogP contribution < -0.4 is 0 Å². The first-order valence-corrected chi connectivity index (χ1v) is 7.42. The molecule has 4 rings (SSSR count). The van der Waals surface area contributed by atoms with Gasteiger partial charge in [-0.05, 0) is 35.9 Å². The van der Waals surface area contributed by atoms with Gasteiger partial charge in [-0.1, -0.05) is 0 Å². The van der Waals surface area contributed by atoms with Crippen molar-refractivity contribution in [2.75, 3.05) is 19.7 Å². The van der Waals surface area contributed by atoms with Gasteiger partial charge in [0.05, 0.1) is 13.2 Å². The minimum Gasteiger partial charge on any atom is -0.370 e. The zero-order chi connectivity index (χ0) is 15.6. The summed E-state index contributed by atoms with van der Waals surface area (Å²) in [6.45, 7) is 1.63. The number of benzene rings is 1. The van der Waals surface area contributed by atoms with Crippen LogP contribution in [0.2, 0.25) is 0 Å². The highest BCUT2D eigenvalue weighted by Crippen LogP contribution is 2.23.